The molecule has 1 aromatic carbocycles. The zero-order chi connectivity index (χ0) is 15.3. The first-order chi connectivity index (χ1) is 9.96. The minimum Gasteiger partial charge on any atom is -0.316 e. The highest BCUT2D eigenvalue weighted by atomic mass is 32.2. The molecule has 1 N–H and O–H groups in total. The van der Waals surface area contributed by atoms with Gasteiger partial charge < -0.3 is 5.32 Å². The molecule has 3 nitrogen and oxygen atoms in total. The maximum atomic E-state index is 11.8. The fraction of sp³-hybridized carbons (Fsp3) is 0.647. The lowest BCUT2D eigenvalue weighted by molar-refractivity contribution is 0.337. The van der Waals surface area contributed by atoms with Crippen molar-refractivity contribution in [2.45, 2.75) is 26.7 Å². The molecule has 1 aliphatic heterocycles. The first kappa shape index (κ1) is 16.5. The largest absolute Gasteiger partial charge is 0.316 e. The van der Waals surface area contributed by atoms with Crippen LogP contribution in [0.15, 0.2) is 30.3 Å². The molecule has 2 unspecified atom stereocenters. The summed E-state index contributed by atoms with van der Waals surface area (Å²) in [5.41, 5.74) is 1.30. The Bertz CT molecular complexity index is 525. The van der Waals surface area contributed by atoms with Crippen LogP contribution < -0.4 is 5.32 Å². The highest BCUT2D eigenvalue weighted by molar-refractivity contribution is 7.91. The van der Waals surface area contributed by atoms with E-state index in [9.17, 15) is 8.42 Å². The average molecular weight is 309 g/mol. The number of benzene rings is 1. The standard InChI is InChI=1S/C17H27NO2S/c1-14(2)11-18-12-17(10-15-6-4-3-5-7-15)16-8-9-21(19,20)13-16/h3-7,14,16-18H,8-13H2,1-2H3. The van der Waals surface area contributed by atoms with Crippen LogP contribution in [0.1, 0.15) is 25.8 Å². The van der Waals surface area contributed by atoms with Crippen LogP contribution in [0.2, 0.25) is 0 Å². The molecule has 0 amide bonds. The average Bonchev–Trinajstić information content (AvgIpc) is 2.79. The molecule has 1 fully saturated rings. The molecule has 4 heteroatoms. The van der Waals surface area contributed by atoms with Gasteiger partial charge in [-0.25, -0.2) is 8.42 Å². The van der Waals surface area contributed by atoms with E-state index in [4.69, 9.17) is 0 Å². The summed E-state index contributed by atoms with van der Waals surface area (Å²) in [6, 6.07) is 10.4. The summed E-state index contributed by atoms with van der Waals surface area (Å²) in [4.78, 5) is 0. The third kappa shape index (κ3) is 5.44. The minimum atomic E-state index is -2.80. The predicted octanol–water partition coefficient (Wildman–Crippen LogP) is 2.53. The number of hydrogen-bond acceptors (Lipinski definition) is 3. The molecule has 1 aromatic rings. The van der Waals surface area contributed by atoms with Crippen LogP contribution >= 0.6 is 0 Å². The summed E-state index contributed by atoms with van der Waals surface area (Å²) in [5.74, 6) is 2.06. The van der Waals surface area contributed by atoms with Crippen molar-refractivity contribution in [3.63, 3.8) is 0 Å². The first-order valence-electron chi connectivity index (χ1n) is 7.91. The summed E-state index contributed by atoms with van der Waals surface area (Å²) >= 11 is 0. The van der Waals surface area contributed by atoms with E-state index < -0.39 is 9.84 Å². The second-order valence-electron chi connectivity index (χ2n) is 6.67. The van der Waals surface area contributed by atoms with Crippen molar-refractivity contribution in [1.29, 1.82) is 0 Å². The summed E-state index contributed by atoms with van der Waals surface area (Å²) in [7, 11) is -2.80. The molecule has 2 rings (SSSR count). The zero-order valence-corrected chi connectivity index (χ0v) is 13.9. The molecular weight excluding hydrogens is 282 g/mol. The molecule has 0 saturated carbocycles. The number of rotatable bonds is 7. The summed E-state index contributed by atoms with van der Waals surface area (Å²) in [6.45, 7) is 6.29. The fourth-order valence-corrected chi connectivity index (χ4v) is 5.00. The smallest absolute Gasteiger partial charge is 0.150 e. The quantitative estimate of drug-likeness (QED) is 0.842. The first-order valence-corrected chi connectivity index (χ1v) is 9.73. The van der Waals surface area contributed by atoms with Crippen molar-refractivity contribution in [3.8, 4) is 0 Å². The predicted molar refractivity (Wildman–Crippen MR) is 88.1 cm³/mol. The van der Waals surface area contributed by atoms with Crippen molar-refractivity contribution in [3.05, 3.63) is 35.9 Å². The maximum absolute atomic E-state index is 11.8. The van der Waals surface area contributed by atoms with Crippen LogP contribution in [0.25, 0.3) is 0 Å². The lowest BCUT2D eigenvalue weighted by atomic mass is 9.86. The summed E-state index contributed by atoms with van der Waals surface area (Å²) in [6.07, 6.45) is 1.79. The minimum absolute atomic E-state index is 0.301. The number of nitrogens with one attached hydrogen (secondary N) is 1. The Kier molecular flexibility index (Phi) is 5.82. The maximum Gasteiger partial charge on any atom is 0.150 e. The second-order valence-corrected chi connectivity index (χ2v) is 8.89. The monoisotopic (exact) mass is 309 g/mol. The molecule has 1 heterocycles. The van der Waals surface area contributed by atoms with Crippen molar-refractivity contribution in [2.24, 2.45) is 17.8 Å². The molecule has 0 radical (unpaired) electrons. The molecule has 0 spiro atoms. The Hall–Kier alpha value is -0.870. The molecule has 0 bridgehead atoms. The van der Waals surface area contributed by atoms with E-state index in [1.54, 1.807) is 0 Å². The van der Waals surface area contributed by atoms with Gasteiger partial charge in [0.05, 0.1) is 11.5 Å². The topological polar surface area (TPSA) is 46.2 Å². The lowest BCUT2D eigenvalue weighted by Gasteiger charge is -2.24. The van der Waals surface area contributed by atoms with Gasteiger partial charge in [0.1, 0.15) is 0 Å². The Balaban J connectivity index is 2.00. The van der Waals surface area contributed by atoms with E-state index in [1.807, 2.05) is 6.07 Å². The zero-order valence-electron chi connectivity index (χ0n) is 13.1. The SMILES string of the molecule is CC(C)CNCC(Cc1ccccc1)C1CCS(=O)(=O)C1. The molecule has 118 valence electrons. The molecule has 21 heavy (non-hydrogen) atoms. The van der Waals surface area contributed by atoms with Crippen molar-refractivity contribution in [2.75, 3.05) is 24.6 Å². The van der Waals surface area contributed by atoms with Gasteiger partial charge >= 0.3 is 0 Å². The third-order valence-corrected chi connectivity index (χ3v) is 6.03. The van der Waals surface area contributed by atoms with E-state index in [-0.39, 0.29) is 0 Å². The Labute approximate surface area is 129 Å². The second kappa shape index (κ2) is 7.41. The van der Waals surface area contributed by atoms with Gasteiger partial charge in [-0.1, -0.05) is 44.2 Å². The highest BCUT2D eigenvalue weighted by Crippen LogP contribution is 2.28. The van der Waals surface area contributed by atoms with Gasteiger partial charge in [-0.05, 0) is 49.2 Å². The van der Waals surface area contributed by atoms with E-state index in [1.165, 1.54) is 5.56 Å². The van der Waals surface area contributed by atoms with Gasteiger partial charge in [0.25, 0.3) is 0 Å². The molecule has 0 aromatic heterocycles. The van der Waals surface area contributed by atoms with Gasteiger partial charge in [-0.2, -0.15) is 0 Å². The van der Waals surface area contributed by atoms with E-state index in [0.29, 0.717) is 29.3 Å². The Morgan fingerprint density at radius 2 is 1.90 bits per heavy atom. The van der Waals surface area contributed by atoms with Crippen LogP contribution in [0.3, 0.4) is 0 Å². The normalized spacial score (nSPS) is 22.5. The highest BCUT2D eigenvalue weighted by Gasteiger charge is 2.33. The molecule has 2 atom stereocenters. The lowest BCUT2D eigenvalue weighted by Crippen LogP contribution is -2.32. The third-order valence-electron chi connectivity index (χ3n) is 4.23. The molecule has 0 aliphatic carbocycles. The van der Waals surface area contributed by atoms with E-state index in [0.717, 1.165) is 25.9 Å². The van der Waals surface area contributed by atoms with Gasteiger partial charge in [0.2, 0.25) is 0 Å². The summed E-state index contributed by atoms with van der Waals surface area (Å²) < 4.78 is 23.5. The van der Waals surface area contributed by atoms with Gasteiger partial charge in [-0.3, -0.25) is 0 Å². The van der Waals surface area contributed by atoms with Crippen molar-refractivity contribution in [1.82, 2.24) is 5.32 Å². The Morgan fingerprint density at radius 3 is 2.48 bits per heavy atom. The Morgan fingerprint density at radius 1 is 1.19 bits per heavy atom. The van der Waals surface area contributed by atoms with Crippen LogP contribution in [0.4, 0.5) is 0 Å². The van der Waals surface area contributed by atoms with Crippen LogP contribution in [-0.2, 0) is 16.3 Å². The van der Waals surface area contributed by atoms with Crippen molar-refractivity contribution < 1.29 is 8.42 Å². The summed E-state index contributed by atoms with van der Waals surface area (Å²) in [5, 5.41) is 3.51. The molecule has 1 saturated heterocycles. The number of hydrogen-bond donors (Lipinski definition) is 1. The van der Waals surface area contributed by atoms with Crippen molar-refractivity contribution >= 4 is 9.84 Å². The van der Waals surface area contributed by atoms with Gasteiger partial charge in [0, 0.05) is 0 Å². The van der Waals surface area contributed by atoms with Crippen LogP contribution in [0.5, 0.6) is 0 Å². The van der Waals surface area contributed by atoms with Gasteiger partial charge in [-0.15, -0.1) is 0 Å². The van der Waals surface area contributed by atoms with Crippen LogP contribution in [0, 0.1) is 17.8 Å². The van der Waals surface area contributed by atoms with E-state index >= 15 is 0 Å². The van der Waals surface area contributed by atoms with Crippen LogP contribution in [-0.4, -0.2) is 33.0 Å². The molecular formula is C17H27NO2S. The molecule has 1 aliphatic rings. The van der Waals surface area contributed by atoms with Gasteiger partial charge in [0.15, 0.2) is 9.84 Å². The fourth-order valence-electron chi connectivity index (χ4n) is 3.08. The number of sulfone groups is 1. The van der Waals surface area contributed by atoms with E-state index in [2.05, 4.69) is 43.4 Å².